The molecule has 7 heteroatoms. The van der Waals surface area contributed by atoms with Crippen LogP contribution in [0.4, 0.5) is 0 Å². The molecule has 0 saturated carbocycles. The number of hydrogen-bond donors (Lipinski definition) is 1. The first-order chi connectivity index (χ1) is 17.2. The zero-order valence-electron chi connectivity index (χ0n) is 19.5. The highest BCUT2D eigenvalue weighted by molar-refractivity contribution is 5.62. The van der Waals surface area contributed by atoms with Gasteiger partial charge in [-0.1, -0.05) is 60.7 Å². The van der Waals surface area contributed by atoms with E-state index in [4.69, 9.17) is 9.72 Å². The first kappa shape index (κ1) is 21.8. The molecule has 7 nitrogen and oxygen atoms in total. The summed E-state index contributed by atoms with van der Waals surface area (Å²) < 4.78 is 9.75. The van der Waals surface area contributed by atoms with Gasteiger partial charge in [-0.25, -0.2) is 4.98 Å². The molecule has 0 unspecified atom stereocenters. The van der Waals surface area contributed by atoms with E-state index in [2.05, 4.69) is 58.0 Å². The second-order valence-corrected chi connectivity index (χ2v) is 9.22. The number of pyridine rings is 1. The maximum absolute atomic E-state index is 12.5. The van der Waals surface area contributed by atoms with Crippen molar-refractivity contribution in [1.29, 1.82) is 0 Å². The maximum atomic E-state index is 12.5. The van der Waals surface area contributed by atoms with Crippen molar-refractivity contribution in [3.63, 3.8) is 0 Å². The van der Waals surface area contributed by atoms with Crippen molar-refractivity contribution in [1.82, 2.24) is 19.0 Å². The topological polar surface area (TPSA) is 72.5 Å². The molecule has 0 bridgehead atoms. The summed E-state index contributed by atoms with van der Waals surface area (Å²) in [4.78, 5) is 19.6. The summed E-state index contributed by atoms with van der Waals surface area (Å²) in [6.45, 7) is 4.64. The SMILES string of the molecule is O=c1ccn2c(c1O)-c1ncc(CN3CCOCC3)n1C[C@@H]2C(c1ccccc1)c1ccccc1. The van der Waals surface area contributed by atoms with Crippen LogP contribution in [0.3, 0.4) is 0 Å². The third kappa shape index (κ3) is 3.96. The molecular formula is C28H28N4O3. The average molecular weight is 469 g/mol. The summed E-state index contributed by atoms with van der Waals surface area (Å²) in [5.41, 5.74) is 3.54. The van der Waals surface area contributed by atoms with Gasteiger partial charge in [0.15, 0.2) is 11.6 Å². The molecule has 1 N–H and O–H groups in total. The zero-order chi connectivity index (χ0) is 23.8. The molecular weight excluding hydrogens is 440 g/mol. The van der Waals surface area contributed by atoms with Crippen LogP contribution in [0.1, 0.15) is 28.8 Å². The van der Waals surface area contributed by atoms with Gasteiger partial charge in [0.2, 0.25) is 5.43 Å². The lowest BCUT2D eigenvalue weighted by Gasteiger charge is -2.37. The quantitative estimate of drug-likeness (QED) is 0.484. The summed E-state index contributed by atoms with van der Waals surface area (Å²) in [6.07, 6.45) is 3.69. The van der Waals surface area contributed by atoms with Crippen molar-refractivity contribution in [3.8, 4) is 17.3 Å². The van der Waals surface area contributed by atoms with Crippen molar-refractivity contribution >= 4 is 0 Å². The molecule has 0 spiro atoms. The van der Waals surface area contributed by atoms with Crippen LogP contribution < -0.4 is 5.43 Å². The van der Waals surface area contributed by atoms with Crippen LogP contribution in [0.25, 0.3) is 11.5 Å². The lowest BCUT2D eigenvalue weighted by Crippen LogP contribution is -2.37. The molecule has 0 radical (unpaired) electrons. The number of aromatic hydroxyl groups is 1. The number of fused-ring (bicyclic) bond motifs is 3. The normalized spacial score (nSPS) is 17.8. The molecule has 2 aromatic heterocycles. The number of morpholine rings is 1. The molecule has 0 aliphatic carbocycles. The minimum absolute atomic E-state index is 0.0184. The van der Waals surface area contributed by atoms with Gasteiger partial charge in [-0.3, -0.25) is 9.69 Å². The largest absolute Gasteiger partial charge is 0.503 e. The molecule has 178 valence electrons. The Kier molecular flexibility index (Phi) is 5.72. The Morgan fingerprint density at radius 1 is 0.971 bits per heavy atom. The molecule has 1 saturated heterocycles. The fraction of sp³-hybridized carbons (Fsp3) is 0.286. The van der Waals surface area contributed by atoms with Gasteiger partial charge in [0.25, 0.3) is 0 Å². The monoisotopic (exact) mass is 468 g/mol. The molecule has 0 amide bonds. The first-order valence-electron chi connectivity index (χ1n) is 12.1. The highest BCUT2D eigenvalue weighted by Gasteiger charge is 2.35. The van der Waals surface area contributed by atoms with E-state index in [1.165, 1.54) is 17.2 Å². The van der Waals surface area contributed by atoms with E-state index in [0.717, 1.165) is 38.5 Å². The van der Waals surface area contributed by atoms with Crippen molar-refractivity contribution in [2.24, 2.45) is 0 Å². The Balaban J connectivity index is 1.51. The average Bonchev–Trinajstić information content (AvgIpc) is 3.30. The van der Waals surface area contributed by atoms with Gasteiger partial charge in [-0.15, -0.1) is 0 Å². The van der Waals surface area contributed by atoms with Crippen LogP contribution in [0, 0.1) is 0 Å². The predicted octanol–water partition coefficient (Wildman–Crippen LogP) is 3.64. The number of nitrogens with zero attached hydrogens (tertiary/aromatic N) is 4. The second-order valence-electron chi connectivity index (χ2n) is 9.22. The minimum Gasteiger partial charge on any atom is -0.503 e. The summed E-state index contributed by atoms with van der Waals surface area (Å²) in [7, 11) is 0. The summed E-state index contributed by atoms with van der Waals surface area (Å²) in [5, 5.41) is 10.9. The van der Waals surface area contributed by atoms with E-state index >= 15 is 0 Å². The first-order valence-corrected chi connectivity index (χ1v) is 12.1. The lowest BCUT2D eigenvalue weighted by atomic mass is 9.83. The number of rotatable bonds is 5. The molecule has 1 fully saturated rings. The Bertz CT molecular complexity index is 1340. The van der Waals surface area contributed by atoms with Crippen molar-refractivity contribution in [2.75, 3.05) is 26.3 Å². The Labute approximate surface area is 203 Å². The van der Waals surface area contributed by atoms with Crippen LogP contribution in [-0.4, -0.2) is 50.4 Å². The second kappa shape index (κ2) is 9.17. The zero-order valence-corrected chi connectivity index (χ0v) is 19.5. The number of aromatic nitrogens is 3. The molecule has 2 aliphatic rings. The Morgan fingerprint density at radius 3 is 2.29 bits per heavy atom. The Morgan fingerprint density at radius 2 is 1.63 bits per heavy atom. The number of hydrogen-bond acceptors (Lipinski definition) is 5. The van der Waals surface area contributed by atoms with Gasteiger partial charge in [-0.05, 0) is 11.1 Å². The van der Waals surface area contributed by atoms with Crippen molar-refractivity contribution in [2.45, 2.75) is 25.0 Å². The van der Waals surface area contributed by atoms with Crippen LogP contribution in [-0.2, 0) is 17.8 Å². The van der Waals surface area contributed by atoms with E-state index in [0.29, 0.717) is 18.1 Å². The van der Waals surface area contributed by atoms with Gasteiger partial charge in [-0.2, -0.15) is 0 Å². The van der Waals surface area contributed by atoms with E-state index in [9.17, 15) is 9.90 Å². The number of ether oxygens (including phenoxy) is 1. The molecule has 35 heavy (non-hydrogen) atoms. The molecule has 6 rings (SSSR count). The molecule has 4 aromatic rings. The third-order valence-electron chi connectivity index (χ3n) is 7.17. The van der Waals surface area contributed by atoms with E-state index in [1.807, 2.05) is 22.9 Å². The Hall–Kier alpha value is -3.68. The molecule has 1 atom stereocenters. The molecule has 2 aliphatic heterocycles. The highest BCUT2D eigenvalue weighted by atomic mass is 16.5. The molecule has 2 aromatic carbocycles. The third-order valence-corrected chi connectivity index (χ3v) is 7.17. The lowest BCUT2D eigenvalue weighted by molar-refractivity contribution is 0.0330. The number of imidazole rings is 1. The van der Waals surface area contributed by atoms with Gasteiger partial charge in [0.05, 0.1) is 31.1 Å². The van der Waals surface area contributed by atoms with Crippen molar-refractivity contribution in [3.05, 3.63) is 106 Å². The smallest absolute Gasteiger partial charge is 0.223 e. The standard InChI is InChI=1S/C28H28N4O3/c33-24-11-12-31-23(25(20-7-3-1-4-8-20)21-9-5-2-6-10-21)19-32-22(18-30-13-15-35-16-14-30)17-29-28(32)26(31)27(24)34/h1-12,17,23,25,34H,13-16,18-19H2/t23-/m1/s1. The van der Waals surface area contributed by atoms with E-state index in [1.54, 1.807) is 6.20 Å². The fourth-order valence-electron chi connectivity index (χ4n) is 5.46. The maximum Gasteiger partial charge on any atom is 0.223 e. The van der Waals surface area contributed by atoms with Gasteiger partial charge in [0, 0.05) is 44.4 Å². The summed E-state index contributed by atoms with van der Waals surface area (Å²) in [5.74, 6) is 0.409. The van der Waals surface area contributed by atoms with Gasteiger partial charge < -0.3 is 19.0 Å². The summed E-state index contributed by atoms with van der Waals surface area (Å²) in [6, 6.07) is 22.3. The van der Waals surface area contributed by atoms with Crippen LogP contribution in [0.2, 0.25) is 0 Å². The number of benzene rings is 2. The predicted molar refractivity (Wildman–Crippen MR) is 133 cm³/mol. The van der Waals surface area contributed by atoms with Crippen LogP contribution in [0.5, 0.6) is 5.75 Å². The van der Waals surface area contributed by atoms with Gasteiger partial charge >= 0.3 is 0 Å². The van der Waals surface area contributed by atoms with Crippen molar-refractivity contribution < 1.29 is 9.84 Å². The van der Waals surface area contributed by atoms with Gasteiger partial charge in [0.1, 0.15) is 5.69 Å². The van der Waals surface area contributed by atoms with E-state index < -0.39 is 5.43 Å². The highest BCUT2D eigenvalue weighted by Crippen LogP contribution is 2.43. The van der Waals surface area contributed by atoms with Crippen LogP contribution >= 0.6 is 0 Å². The minimum atomic E-state index is -0.392. The summed E-state index contributed by atoms with van der Waals surface area (Å²) >= 11 is 0. The fourth-order valence-corrected chi connectivity index (χ4v) is 5.46. The molecule has 4 heterocycles. The van der Waals surface area contributed by atoms with E-state index in [-0.39, 0.29) is 17.7 Å². The van der Waals surface area contributed by atoms with Crippen LogP contribution in [0.15, 0.2) is 83.9 Å².